The number of rotatable bonds is 7. The minimum atomic E-state index is -0.238. The van der Waals surface area contributed by atoms with Gasteiger partial charge in [0.15, 0.2) is 11.6 Å². The maximum Gasteiger partial charge on any atom is 0.232 e. The number of hydrogen-bond donors (Lipinski definition) is 0. The lowest BCUT2D eigenvalue weighted by molar-refractivity contribution is -0.890. The molecule has 0 radical (unpaired) electrons. The Bertz CT molecular complexity index is 1370. The van der Waals surface area contributed by atoms with Gasteiger partial charge in [-0.15, -0.1) is 10.2 Å². The van der Waals surface area contributed by atoms with Gasteiger partial charge < -0.3 is 14.3 Å². The van der Waals surface area contributed by atoms with Gasteiger partial charge in [-0.2, -0.15) is 4.98 Å². The number of ketones is 2. The van der Waals surface area contributed by atoms with Gasteiger partial charge in [0, 0.05) is 29.9 Å². The van der Waals surface area contributed by atoms with Crippen LogP contribution in [0.2, 0.25) is 0 Å². The monoisotopic (exact) mass is 529 g/mol. The van der Waals surface area contributed by atoms with E-state index >= 15 is 0 Å². The number of carbonyl (C=O) groups excluding carboxylic acids is 2. The number of fused-ring (bicyclic) bond motifs is 1. The molecular weight excluding hydrogens is 496 g/mol. The largest absolute Gasteiger partial charge is 0.372 e. The number of nitrogens with zero attached hydrogens (tertiary/aromatic N) is 6. The number of azo groups is 1. The molecule has 2 aliphatic rings. The Hall–Kier alpha value is -3.69. The molecule has 1 aromatic heterocycles. The van der Waals surface area contributed by atoms with E-state index in [0.717, 1.165) is 65.8 Å². The molecule has 0 saturated carbocycles. The summed E-state index contributed by atoms with van der Waals surface area (Å²) in [5, 5.41) is 9.36. The van der Waals surface area contributed by atoms with Crippen molar-refractivity contribution >= 4 is 51.3 Å². The van der Waals surface area contributed by atoms with E-state index in [9.17, 15) is 9.59 Å². The van der Waals surface area contributed by atoms with Crippen LogP contribution in [0.5, 0.6) is 0 Å². The van der Waals surface area contributed by atoms with Crippen LogP contribution in [0, 0.1) is 0 Å². The van der Waals surface area contributed by atoms with E-state index in [1.165, 1.54) is 11.3 Å². The van der Waals surface area contributed by atoms with Gasteiger partial charge in [-0.1, -0.05) is 35.6 Å². The highest BCUT2D eigenvalue weighted by Crippen LogP contribution is 2.37. The number of piperazine rings is 1. The Morgan fingerprint density at radius 2 is 1.55 bits per heavy atom. The first kappa shape index (κ1) is 25.9. The van der Waals surface area contributed by atoms with Gasteiger partial charge in [0.2, 0.25) is 5.13 Å². The van der Waals surface area contributed by atoms with Gasteiger partial charge in [0.05, 0.1) is 56.4 Å². The number of Topliss-reactive ketones (excluding diaryl/α,β-unsaturated/α-hetero) is 2. The fourth-order valence-corrected chi connectivity index (χ4v) is 5.70. The summed E-state index contributed by atoms with van der Waals surface area (Å²) in [4.78, 5) is 36.2. The van der Waals surface area contributed by atoms with Crippen LogP contribution in [0.1, 0.15) is 39.4 Å². The van der Waals surface area contributed by atoms with E-state index in [1.807, 2.05) is 24.3 Å². The second-order valence-electron chi connectivity index (χ2n) is 10.2. The zero-order valence-corrected chi connectivity index (χ0v) is 23.2. The average molecular weight is 530 g/mol. The zero-order chi connectivity index (χ0) is 26.9. The summed E-state index contributed by atoms with van der Waals surface area (Å²) in [6.07, 6.45) is 1.70. The van der Waals surface area contributed by atoms with Crippen LogP contribution in [-0.4, -0.2) is 74.4 Å². The van der Waals surface area contributed by atoms with Crippen molar-refractivity contribution in [2.45, 2.75) is 13.8 Å². The Morgan fingerprint density at radius 1 is 0.947 bits per heavy atom. The van der Waals surface area contributed by atoms with E-state index in [-0.39, 0.29) is 17.1 Å². The Kier molecular flexibility index (Phi) is 7.23. The second kappa shape index (κ2) is 10.6. The summed E-state index contributed by atoms with van der Waals surface area (Å²) in [6, 6.07) is 15.0. The van der Waals surface area contributed by atoms with Crippen molar-refractivity contribution in [2.24, 2.45) is 10.2 Å². The van der Waals surface area contributed by atoms with Crippen LogP contribution in [0.25, 0.3) is 6.08 Å². The Balaban J connectivity index is 1.46. The predicted molar refractivity (Wildman–Crippen MR) is 153 cm³/mol. The SMILES string of the molecule is CCN(CC)c1ccc(/N=N/c2nc(N3CC[N+](C)(C)CC3)c(C=C3C(=O)c4ccccc4C3=O)s2)cc1. The number of thiazole rings is 1. The smallest absolute Gasteiger partial charge is 0.232 e. The first-order valence-corrected chi connectivity index (χ1v) is 13.9. The van der Waals surface area contributed by atoms with Crippen LogP contribution in [0.3, 0.4) is 0 Å². The standard InChI is InChI=1S/C29H33N6O2S/c1-5-33(6-2)21-13-11-20(12-14-21)31-32-29-30-28(34-15-17-35(3,4)18-16-34)25(38-29)19-24-26(36)22-9-7-8-10-23(22)27(24)37/h7-14,19H,5-6,15-18H2,1-4H3/q+1/b32-31+. The number of likely N-dealkylation sites (N-methyl/N-ethyl adjacent to an activating group) is 1. The molecule has 0 bridgehead atoms. The van der Waals surface area contributed by atoms with Gasteiger partial charge in [0.25, 0.3) is 0 Å². The van der Waals surface area contributed by atoms with Crippen LogP contribution < -0.4 is 9.80 Å². The van der Waals surface area contributed by atoms with Crippen LogP contribution >= 0.6 is 11.3 Å². The van der Waals surface area contributed by atoms with Crippen molar-refractivity contribution in [3.63, 3.8) is 0 Å². The number of hydrogen-bond acceptors (Lipinski definition) is 8. The average Bonchev–Trinajstić information content (AvgIpc) is 3.43. The molecule has 38 heavy (non-hydrogen) atoms. The van der Waals surface area contributed by atoms with E-state index in [4.69, 9.17) is 4.98 Å². The van der Waals surface area contributed by atoms with Crippen LogP contribution in [-0.2, 0) is 0 Å². The number of aromatic nitrogens is 1. The molecule has 9 heteroatoms. The van der Waals surface area contributed by atoms with Crippen molar-refractivity contribution in [1.82, 2.24) is 4.98 Å². The summed E-state index contributed by atoms with van der Waals surface area (Å²) >= 11 is 1.35. The second-order valence-corrected chi connectivity index (χ2v) is 11.2. The highest BCUT2D eigenvalue weighted by molar-refractivity contribution is 7.16. The van der Waals surface area contributed by atoms with E-state index in [2.05, 4.69) is 48.0 Å². The van der Waals surface area contributed by atoms with Crippen LogP contribution in [0.4, 0.5) is 22.3 Å². The molecule has 1 aliphatic heterocycles. The lowest BCUT2D eigenvalue weighted by Crippen LogP contribution is -2.55. The number of anilines is 2. The van der Waals surface area contributed by atoms with Crippen molar-refractivity contribution < 1.29 is 14.1 Å². The molecular formula is C29H33N6O2S+. The molecule has 2 heterocycles. The van der Waals surface area contributed by atoms with Gasteiger partial charge in [0.1, 0.15) is 5.82 Å². The van der Waals surface area contributed by atoms with Crippen LogP contribution in [0.15, 0.2) is 64.3 Å². The quantitative estimate of drug-likeness (QED) is 0.168. The molecule has 1 saturated heterocycles. The molecule has 0 amide bonds. The predicted octanol–water partition coefficient (Wildman–Crippen LogP) is 5.76. The number of carbonyl (C=O) groups is 2. The highest BCUT2D eigenvalue weighted by atomic mass is 32.1. The maximum atomic E-state index is 13.1. The fraction of sp³-hybridized carbons (Fsp3) is 0.345. The zero-order valence-electron chi connectivity index (χ0n) is 22.3. The number of benzene rings is 2. The molecule has 0 unspecified atom stereocenters. The van der Waals surface area contributed by atoms with Crippen molar-refractivity contribution in [3.05, 3.63) is 70.1 Å². The summed E-state index contributed by atoms with van der Waals surface area (Å²) in [5.41, 5.74) is 2.99. The minimum Gasteiger partial charge on any atom is -0.372 e. The normalized spacial score (nSPS) is 16.8. The molecule has 1 fully saturated rings. The van der Waals surface area contributed by atoms with Crippen molar-refractivity contribution in [2.75, 3.05) is 63.2 Å². The Morgan fingerprint density at radius 3 is 2.13 bits per heavy atom. The lowest BCUT2D eigenvalue weighted by Gasteiger charge is -2.39. The molecule has 8 nitrogen and oxygen atoms in total. The third kappa shape index (κ3) is 5.16. The van der Waals surface area contributed by atoms with Crippen molar-refractivity contribution in [1.29, 1.82) is 0 Å². The maximum absolute atomic E-state index is 13.1. The molecule has 0 spiro atoms. The van der Waals surface area contributed by atoms with Gasteiger partial charge in [-0.05, 0) is 44.2 Å². The molecule has 0 N–H and O–H groups in total. The fourth-order valence-electron chi connectivity index (χ4n) is 4.85. The molecule has 1 aliphatic carbocycles. The number of quaternary nitrogens is 1. The Labute approximate surface area is 227 Å². The highest BCUT2D eigenvalue weighted by Gasteiger charge is 2.34. The van der Waals surface area contributed by atoms with Crippen molar-refractivity contribution in [3.8, 4) is 0 Å². The lowest BCUT2D eigenvalue weighted by atomic mass is 10.1. The summed E-state index contributed by atoms with van der Waals surface area (Å²) in [6.45, 7) is 9.78. The molecule has 0 atom stereocenters. The van der Waals surface area contributed by atoms with E-state index in [1.54, 1.807) is 30.3 Å². The van der Waals surface area contributed by atoms with Gasteiger partial charge in [-0.3, -0.25) is 9.59 Å². The molecule has 196 valence electrons. The van der Waals surface area contributed by atoms with Gasteiger partial charge >= 0.3 is 0 Å². The first-order chi connectivity index (χ1) is 18.3. The molecule has 3 aromatic rings. The third-order valence-corrected chi connectivity index (χ3v) is 8.16. The van der Waals surface area contributed by atoms with E-state index in [0.29, 0.717) is 16.3 Å². The summed E-state index contributed by atoms with van der Waals surface area (Å²) in [7, 11) is 4.44. The molecule has 2 aromatic carbocycles. The topological polar surface area (TPSA) is 78.2 Å². The minimum absolute atomic E-state index is 0.180. The summed E-state index contributed by atoms with van der Waals surface area (Å²) < 4.78 is 0.944. The first-order valence-electron chi connectivity index (χ1n) is 13.0. The van der Waals surface area contributed by atoms with Gasteiger partial charge in [-0.25, -0.2) is 0 Å². The third-order valence-electron chi connectivity index (χ3n) is 7.28. The molecule has 5 rings (SSSR count). The summed E-state index contributed by atoms with van der Waals surface area (Å²) in [5.74, 6) is 0.278. The van der Waals surface area contributed by atoms with E-state index < -0.39 is 0 Å². The number of allylic oxidation sites excluding steroid dienone is 1.